The molecule has 0 radical (unpaired) electrons. The van der Waals surface area contributed by atoms with Crippen LogP contribution < -0.4 is 4.90 Å². The molecule has 21 heavy (non-hydrogen) atoms. The molecule has 1 atom stereocenters. The minimum Gasteiger partial charge on any atom is -0.508 e. The molecule has 0 aliphatic carbocycles. The number of aromatic hydroxyl groups is 1. The van der Waals surface area contributed by atoms with E-state index in [1.54, 1.807) is 47.4 Å². The Balaban J connectivity index is 2.35. The molecule has 0 aromatic heterocycles. The first kappa shape index (κ1) is 15.2. The highest BCUT2D eigenvalue weighted by atomic mass is 35.5. The maximum Gasteiger partial charge on any atom is 0.323 e. The molecule has 5 heteroatoms. The number of nitrogens with zero attached hydrogens (tertiary/aromatic N) is 1. The van der Waals surface area contributed by atoms with Crippen molar-refractivity contribution < 1.29 is 15.0 Å². The van der Waals surface area contributed by atoms with Gasteiger partial charge in [-0.25, -0.2) is 0 Å². The topological polar surface area (TPSA) is 60.8 Å². The lowest BCUT2D eigenvalue weighted by atomic mass is 10.1. The van der Waals surface area contributed by atoms with Crippen molar-refractivity contribution in [3.8, 4) is 5.75 Å². The maximum atomic E-state index is 11.1. The zero-order chi connectivity index (χ0) is 15.4. The number of carboxylic acids is 1. The summed E-state index contributed by atoms with van der Waals surface area (Å²) in [6.07, 6.45) is 0. The van der Waals surface area contributed by atoms with Gasteiger partial charge in [0.25, 0.3) is 0 Å². The number of phenolic OH excluding ortho intramolecular Hbond substituents is 1. The van der Waals surface area contributed by atoms with Crippen molar-refractivity contribution in [2.45, 2.75) is 13.0 Å². The molecule has 0 aliphatic rings. The number of aliphatic carboxylic acids is 1. The monoisotopic (exact) mass is 305 g/mol. The SMILES string of the molecule is CC(c1ccc(O)cc1)N(CC(=O)O)c1cccc(Cl)c1. The molecule has 0 saturated carbocycles. The van der Waals surface area contributed by atoms with Crippen LogP contribution in [-0.2, 0) is 4.79 Å². The van der Waals surface area contributed by atoms with Crippen LogP contribution in [0.5, 0.6) is 5.75 Å². The smallest absolute Gasteiger partial charge is 0.323 e. The Bertz CT molecular complexity index is 628. The van der Waals surface area contributed by atoms with E-state index in [9.17, 15) is 9.90 Å². The van der Waals surface area contributed by atoms with E-state index in [1.807, 2.05) is 13.0 Å². The van der Waals surface area contributed by atoms with E-state index in [1.165, 1.54) is 0 Å². The molecule has 0 spiro atoms. The molecule has 0 heterocycles. The molecule has 2 aromatic carbocycles. The highest BCUT2D eigenvalue weighted by Crippen LogP contribution is 2.29. The third-order valence-corrected chi connectivity index (χ3v) is 3.52. The Kier molecular flexibility index (Phi) is 4.70. The summed E-state index contributed by atoms with van der Waals surface area (Å²) in [6.45, 7) is 1.78. The van der Waals surface area contributed by atoms with Gasteiger partial charge in [-0.1, -0.05) is 29.8 Å². The van der Waals surface area contributed by atoms with Gasteiger partial charge in [0.05, 0.1) is 6.04 Å². The van der Waals surface area contributed by atoms with E-state index in [2.05, 4.69) is 0 Å². The summed E-state index contributed by atoms with van der Waals surface area (Å²) in [5.41, 5.74) is 1.65. The summed E-state index contributed by atoms with van der Waals surface area (Å²) < 4.78 is 0. The fraction of sp³-hybridized carbons (Fsp3) is 0.188. The van der Waals surface area contributed by atoms with Crippen LogP contribution in [0.3, 0.4) is 0 Å². The van der Waals surface area contributed by atoms with Crippen LogP contribution >= 0.6 is 11.6 Å². The Morgan fingerprint density at radius 1 is 1.24 bits per heavy atom. The zero-order valence-electron chi connectivity index (χ0n) is 11.5. The number of hydrogen-bond donors (Lipinski definition) is 2. The van der Waals surface area contributed by atoms with Crippen molar-refractivity contribution >= 4 is 23.3 Å². The lowest BCUT2D eigenvalue weighted by Gasteiger charge is -2.30. The third-order valence-electron chi connectivity index (χ3n) is 3.29. The van der Waals surface area contributed by atoms with Crippen molar-refractivity contribution in [3.63, 3.8) is 0 Å². The molecular formula is C16H16ClNO3. The third kappa shape index (κ3) is 3.89. The van der Waals surface area contributed by atoms with E-state index in [0.717, 1.165) is 11.3 Å². The van der Waals surface area contributed by atoms with Crippen molar-refractivity contribution in [3.05, 3.63) is 59.1 Å². The van der Waals surface area contributed by atoms with Gasteiger partial charge < -0.3 is 15.1 Å². The molecule has 2 N–H and O–H groups in total. The first-order chi connectivity index (χ1) is 9.97. The number of halogens is 1. The number of carbonyl (C=O) groups is 1. The van der Waals surface area contributed by atoms with Gasteiger partial charge in [-0.3, -0.25) is 4.79 Å². The van der Waals surface area contributed by atoms with Crippen molar-refractivity contribution in [1.29, 1.82) is 0 Å². The van der Waals surface area contributed by atoms with Gasteiger partial charge in [0.1, 0.15) is 12.3 Å². The number of rotatable bonds is 5. The van der Waals surface area contributed by atoms with Gasteiger partial charge in [-0.2, -0.15) is 0 Å². The minimum absolute atomic E-state index is 0.137. The van der Waals surface area contributed by atoms with Crippen LogP contribution in [0.2, 0.25) is 5.02 Å². The molecular weight excluding hydrogens is 290 g/mol. The van der Waals surface area contributed by atoms with Crippen molar-refractivity contribution in [2.24, 2.45) is 0 Å². The highest BCUT2D eigenvalue weighted by Gasteiger charge is 2.19. The quantitative estimate of drug-likeness (QED) is 0.884. The van der Waals surface area contributed by atoms with E-state index in [4.69, 9.17) is 16.7 Å². The summed E-state index contributed by atoms with van der Waals surface area (Å²) in [7, 11) is 0. The first-order valence-corrected chi connectivity index (χ1v) is 6.88. The van der Waals surface area contributed by atoms with E-state index < -0.39 is 5.97 Å². The summed E-state index contributed by atoms with van der Waals surface area (Å²) in [4.78, 5) is 12.9. The summed E-state index contributed by atoms with van der Waals surface area (Å²) in [6, 6.07) is 13.7. The van der Waals surface area contributed by atoms with Crippen molar-refractivity contribution in [2.75, 3.05) is 11.4 Å². The van der Waals surface area contributed by atoms with Crippen LogP contribution in [0.25, 0.3) is 0 Å². The molecule has 2 aromatic rings. The lowest BCUT2D eigenvalue weighted by Crippen LogP contribution is -2.32. The number of hydrogen-bond acceptors (Lipinski definition) is 3. The number of carboxylic acid groups (broad SMARTS) is 1. The molecule has 1 unspecified atom stereocenters. The summed E-state index contributed by atoms with van der Waals surface area (Å²) in [5.74, 6) is -0.737. The van der Waals surface area contributed by atoms with Gasteiger partial charge in [0, 0.05) is 10.7 Å². The average Bonchev–Trinajstić information content (AvgIpc) is 2.44. The highest BCUT2D eigenvalue weighted by molar-refractivity contribution is 6.30. The van der Waals surface area contributed by atoms with Gasteiger partial charge in [-0.05, 0) is 42.8 Å². The average molecular weight is 306 g/mol. The molecule has 0 fully saturated rings. The van der Waals surface area contributed by atoms with Gasteiger partial charge >= 0.3 is 5.97 Å². The number of anilines is 1. The lowest BCUT2D eigenvalue weighted by molar-refractivity contribution is -0.135. The molecule has 2 rings (SSSR count). The fourth-order valence-corrected chi connectivity index (χ4v) is 2.37. The summed E-state index contributed by atoms with van der Waals surface area (Å²) >= 11 is 5.99. The van der Waals surface area contributed by atoms with Crippen LogP contribution in [0.15, 0.2) is 48.5 Å². The molecule has 0 amide bonds. The Morgan fingerprint density at radius 3 is 2.48 bits per heavy atom. The second-order valence-corrected chi connectivity index (χ2v) is 5.21. The predicted octanol–water partition coefficient (Wildman–Crippen LogP) is 3.70. The predicted molar refractivity (Wildman–Crippen MR) is 83.0 cm³/mol. The van der Waals surface area contributed by atoms with E-state index >= 15 is 0 Å². The molecule has 0 saturated heterocycles. The van der Waals surface area contributed by atoms with Gasteiger partial charge in [0.15, 0.2) is 0 Å². The van der Waals surface area contributed by atoms with Gasteiger partial charge in [0.2, 0.25) is 0 Å². The minimum atomic E-state index is -0.916. The molecule has 110 valence electrons. The fourth-order valence-electron chi connectivity index (χ4n) is 2.19. The van der Waals surface area contributed by atoms with Crippen LogP contribution in [0.4, 0.5) is 5.69 Å². The standard InChI is InChI=1S/C16H16ClNO3/c1-11(12-5-7-15(19)8-6-12)18(10-16(20)21)14-4-2-3-13(17)9-14/h2-9,11,19H,10H2,1H3,(H,20,21). The number of benzene rings is 2. The zero-order valence-corrected chi connectivity index (χ0v) is 12.3. The first-order valence-electron chi connectivity index (χ1n) is 6.50. The largest absolute Gasteiger partial charge is 0.508 e. The summed E-state index contributed by atoms with van der Waals surface area (Å²) in [5, 5.41) is 19.0. The number of phenols is 1. The van der Waals surface area contributed by atoms with E-state index in [-0.39, 0.29) is 18.3 Å². The molecule has 0 bridgehead atoms. The Labute approximate surface area is 128 Å². The van der Waals surface area contributed by atoms with Crippen LogP contribution in [0.1, 0.15) is 18.5 Å². The maximum absolute atomic E-state index is 11.1. The van der Waals surface area contributed by atoms with Gasteiger partial charge in [-0.15, -0.1) is 0 Å². The van der Waals surface area contributed by atoms with E-state index in [0.29, 0.717) is 5.02 Å². The van der Waals surface area contributed by atoms with Crippen LogP contribution in [0, 0.1) is 0 Å². The molecule has 0 aliphatic heterocycles. The van der Waals surface area contributed by atoms with Crippen LogP contribution in [-0.4, -0.2) is 22.7 Å². The normalized spacial score (nSPS) is 11.9. The second kappa shape index (κ2) is 6.50. The Morgan fingerprint density at radius 2 is 1.90 bits per heavy atom. The van der Waals surface area contributed by atoms with Crippen molar-refractivity contribution in [1.82, 2.24) is 0 Å². The molecule has 4 nitrogen and oxygen atoms in total. The Hall–Kier alpha value is -2.20. The second-order valence-electron chi connectivity index (χ2n) is 4.77.